The highest BCUT2D eigenvalue weighted by Crippen LogP contribution is 2.27. The Labute approximate surface area is 164 Å². The maximum absolute atomic E-state index is 13.2. The third kappa shape index (κ3) is 6.02. The molecule has 0 fully saturated rings. The maximum atomic E-state index is 13.2. The van der Waals surface area contributed by atoms with Gasteiger partial charge in [-0.25, -0.2) is 0 Å². The zero-order chi connectivity index (χ0) is 20.0. The summed E-state index contributed by atoms with van der Waals surface area (Å²) < 4.78 is 0. The second kappa shape index (κ2) is 9.29. The molecular weight excluding hydrogens is 334 g/mol. The van der Waals surface area contributed by atoms with Gasteiger partial charge in [0.15, 0.2) is 5.78 Å². The molecule has 0 bridgehead atoms. The summed E-state index contributed by atoms with van der Waals surface area (Å²) in [6, 6.07) is 20.2. The van der Waals surface area contributed by atoms with Gasteiger partial charge in [-0.05, 0) is 23.5 Å². The van der Waals surface area contributed by atoms with Crippen LogP contribution < -0.4 is 0 Å². The molecule has 1 N–H and O–H groups in total. The molecule has 0 spiro atoms. The van der Waals surface area contributed by atoms with Gasteiger partial charge in [0.05, 0.1) is 12.1 Å². The van der Waals surface area contributed by atoms with E-state index in [1.54, 1.807) is 0 Å². The van der Waals surface area contributed by atoms with E-state index in [1.807, 2.05) is 71.0 Å². The molecule has 3 heteroatoms. The summed E-state index contributed by atoms with van der Waals surface area (Å²) in [6.45, 7) is 11.1. The first-order valence-electron chi connectivity index (χ1n) is 9.74. The number of nitrogens with zero attached hydrogens (tertiary/aromatic N) is 1. The van der Waals surface area contributed by atoms with Crippen molar-refractivity contribution < 1.29 is 9.90 Å². The third-order valence-corrected chi connectivity index (χ3v) is 5.23. The van der Waals surface area contributed by atoms with Crippen LogP contribution >= 0.6 is 0 Å². The van der Waals surface area contributed by atoms with Gasteiger partial charge in [0.25, 0.3) is 0 Å². The molecule has 0 saturated heterocycles. The van der Waals surface area contributed by atoms with Crippen LogP contribution in [0.3, 0.4) is 0 Å². The van der Waals surface area contributed by atoms with Crippen molar-refractivity contribution >= 4 is 5.78 Å². The second-order valence-corrected chi connectivity index (χ2v) is 8.55. The highest BCUT2D eigenvalue weighted by atomic mass is 16.3. The lowest BCUT2D eigenvalue weighted by atomic mass is 9.79. The first kappa shape index (κ1) is 21.3. The molecule has 0 amide bonds. The molecule has 2 aromatic carbocycles. The van der Waals surface area contributed by atoms with E-state index in [2.05, 4.69) is 29.2 Å². The molecule has 3 atom stereocenters. The van der Waals surface area contributed by atoms with E-state index in [0.717, 1.165) is 0 Å². The Morgan fingerprint density at radius 3 is 1.67 bits per heavy atom. The number of hydrogen-bond donors (Lipinski definition) is 1. The van der Waals surface area contributed by atoms with Crippen molar-refractivity contribution in [3.63, 3.8) is 0 Å². The van der Waals surface area contributed by atoms with Crippen LogP contribution in [0.15, 0.2) is 60.7 Å². The van der Waals surface area contributed by atoms with Crippen molar-refractivity contribution in [3.8, 4) is 0 Å². The molecular formula is C24H33NO2. The Balaban J connectivity index is 2.21. The Morgan fingerprint density at radius 2 is 1.30 bits per heavy atom. The summed E-state index contributed by atoms with van der Waals surface area (Å²) in [5.74, 6) is -0.321. The lowest BCUT2D eigenvalue weighted by Crippen LogP contribution is -2.46. The first-order valence-corrected chi connectivity index (χ1v) is 9.74. The SMILES string of the molecule is C[C@@H](C(=O)[C@H](C)N(Cc1ccccc1)Cc1ccccc1)[C@@H](O)C(C)(C)C. The van der Waals surface area contributed by atoms with E-state index in [-0.39, 0.29) is 17.2 Å². The number of rotatable bonds is 8. The molecule has 27 heavy (non-hydrogen) atoms. The number of hydrogen-bond acceptors (Lipinski definition) is 3. The molecule has 0 aliphatic carbocycles. The van der Waals surface area contributed by atoms with Crippen LogP contribution in [-0.2, 0) is 17.9 Å². The Kier molecular flexibility index (Phi) is 7.34. The number of aliphatic hydroxyl groups is 1. The molecule has 0 aliphatic heterocycles. The van der Waals surface area contributed by atoms with Gasteiger partial charge in [0.2, 0.25) is 0 Å². The van der Waals surface area contributed by atoms with Crippen LogP contribution in [0, 0.1) is 11.3 Å². The predicted octanol–water partition coefficient (Wildman–Crippen LogP) is 4.69. The summed E-state index contributed by atoms with van der Waals surface area (Å²) in [4.78, 5) is 15.3. The molecule has 2 rings (SSSR count). The minimum Gasteiger partial charge on any atom is -0.392 e. The zero-order valence-corrected chi connectivity index (χ0v) is 17.2. The van der Waals surface area contributed by atoms with E-state index < -0.39 is 12.0 Å². The fraction of sp³-hybridized carbons (Fsp3) is 0.458. The molecule has 0 saturated carbocycles. The van der Waals surface area contributed by atoms with Crippen LogP contribution in [0.4, 0.5) is 0 Å². The second-order valence-electron chi connectivity index (χ2n) is 8.55. The van der Waals surface area contributed by atoms with Gasteiger partial charge in [-0.15, -0.1) is 0 Å². The molecule has 0 heterocycles. The highest BCUT2D eigenvalue weighted by Gasteiger charge is 2.35. The van der Waals surface area contributed by atoms with E-state index in [1.165, 1.54) is 11.1 Å². The van der Waals surface area contributed by atoms with Gasteiger partial charge in [0.1, 0.15) is 0 Å². The smallest absolute Gasteiger partial charge is 0.155 e. The lowest BCUT2D eigenvalue weighted by molar-refractivity contribution is -0.133. The zero-order valence-electron chi connectivity index (χ0n) is 17.2. The normalized spacial score (nSPS) is 15.4. The standard InChI is InChI=1S/C24H33NO2/c1-18(23(27)24(3,4)5)22(26)19(2)25(16-20-12-8-6-9-13-20)17-21-14-10-7-11-15-21/h6-15,18-19,23,27H,16-17H2,1-5H3/t18-,19-,23+/m0/s1. The average Bonchev–Trinajstić information content (AvgIpc) is 2.66. The highest BCUT2D eigenvalue weighted by molar-refractivity contribution is 5.86. The van der Waals surface area contributed by atoms with Crippen molar-refractivity contribution in [3.05, 3.63) is 71.8 Å². The van der Waals surface area contributed by atoms with Gasteiger partial charge in [-0.1, -0.05) is 88.4 Å². The van der Waals surface area contributed by atoms with Crippen molar-refractivity contribution in [1.82, 2.24) is 4.90 Å². The van der Waals surface area contributed by atoms with Crippen LogP contribution in [0.5, 0.6) is 0 Å². The summed E-state index contributed by atoms with van der Waals surface area (Å²) in [5.41, 5.74) is 2.03. The minimum absolute atomic E-state index is 0.0873. The van der Waals surface area contributed by atoms with Gasteiger partial charge in [-0.2, -0.15) is 0 Å². The molecule has 0 aromatic heterocycles. The molecule has 0 aliphatic rings. The Bertz CT molecular complexity index is 665. The van der Waals surface area contributed by atoms with Crippen LogP contribution in [0.25, 0.3) is 0 Å². The number of ketones is 1. The van der Waals surface area contributed by atoms with Gasteiger partial charge >= 0.3 is 0 Å². The molecule has 2 aromatic rings. The number of Topliss-reactive ketones (excluding diaryl/α,β-unsaturated/α-hetero) is 1. The Hall–Kier alpha value is -1.97. The van der Waals surface area contributed by atoms with E-state index in [0.29, 0.717) is 13.1 Å². The van der Waals surface area contributed by atoms with Gasteiger partial charge in [-0.3, -0.25) is 9.69 Å². The lowest BCUT2D eigenvalue weighted by Gasteiger charge is -2.35. The van der Waals surface area contributed by atoms with Crippen LogP contribution in [-0.4, -0.2) is 27.9 Å². The van der Waals surface area contributed by atoms with Gasteiger partial charge in [0, 0.05) is 19.0 Å². The first-order chi connectivity index (χ1) is 12.7. The molecule has 0 unspecified atom stereocenters. The van der Waals surface area contributed by atoms with Gasteiger partial charge < -0.3 is 5.11 Å². The fourth-order valence-corrected chi connectivity index (χ4v) is 3.43. The fourth-order valence-electron chi connectivity index (χ4n) is 3.43. The van der Waals surface area contributed by atoms with E-state index in [9.17, 15) is 9.90 Å². The quantitative estimate of drug-likeness (QED) is 0.736. The van der Waals surface area contributed by atoms with Crippen molar-refractivity contribution in [2.45, 2.75) is 59.9 Å². The van der Waals surface area contributed by atoms with Crippen molar-refractivity contribution in [1.29, 1.82) is 0 Å². The largest absolute Gasteiger partial charge is 0.392 e. The average molecular weight is 368 g/mol. The summed E-state index contributed by atoms with van der Waals surface area (Å²) in [7, 11) is 0. The number of carbonyl (C=O) groups excluding carboxylic acids is 1. The topological polar surface area (TPSA) is 40.5 Å². The predicted molar refractivity (Wildman–Crippen MR) is 111 cm³/mol. The number of benzene rings is 2. The van der Waals surface area contributed by atoms with Crippen LogP contribution in [0.1, 0.15) is 45.7 Å². The minimum atomic E-state index is -0.664. The van der Waals surface area contributed by atoms with Crippen molar-refractivity contribution in [2.75, 3.05) is 0 Å². The number of carbonyl (C=O) groups is 1. The summed E-state index contributed by atoms with van der Waals surface area (Å²) in [6.07, 6.45) is -0.664. The van der Waals surface area contributed by atoms with E-state index >= 15 is 0 Å². The molecule has 0 radical (unpaired) electrons. The van der Waals surface area contributed by atoms with E-state index in [4.69, 9.17) is 0 Å². The monoisotopic (exact) mass is 367 g/mol. The third-order valence-electron chi connectivity index (χ3n) is 5.23. The molecule has 3 nitrogen and oxygen atoms in total. The van der Waals surface area contributed by atoms with Crippen LogP contribution in [0.2, 0.25) is 0 Å². The maximum Gasteiger partial charge on any atom is 0.155 e. The van der Waals surface area contributed by atoms with Crippen molar-refractivity contribution in [2.24, 2.45) is 11.3 Å². The summed E-state index contributed by atoms with van der Waals surface area (Å²) >= 11 is 0. The Morgan fingerprint density at radius 1 is 0.889 bits per heavy atom. The summed E-state index contributed by atoms with van der Waals surface area (Å²) in [5, 5.41) is 10.6. The molecule has 146 valence electrons. The number of aliphatic hydroxyl groups excluding tert-OH is 1.